The summed E-state index contributed by atoms with van der Waals surface area (Å²) in [4.78, 5) is 27.2. The van der Waals surface area contributed by atoms with Crippen molar-refractivity contribution in [3.63, 3.8) is 0 Å². The molecule has 4 nitrogen and oxygen atoms in total. The Morgan fingerprint density at radius 3 is 2.32 bits per heavy atom. The largest absolute Gasteiger partial charge is 0.484 e. The summed E-state index contributed by atoms with van der Waals surface area (Å²) >= 11 is 24.3. The Hall–Kier alpha value is -1.46. The van der Waals surface area contributed by atoms with E-state index in [9.17, 15) is 9.59 Å². The maximum atomic E-state index is 12.8. The number of hydrogen-bond acceptors (Lipinski definition) is 3. The zero-order valence-electron chi connectivity index (χ0n) is 14.6. The van der Waals surface area contributed by atoms with E-state index in [-0.39, 0.29) is 18.1 Å². The van der Waals surface area contributed by atoms with Gasteiger partial charge in [-0.3, -0.25) is 9.59 Å². The zero-order chi connectivity index (χ0) is 20.1. The molecule has 2 aliphatic heterocycles. The van der Waals surface area contributed by atoms with E-state index in [2.05, 4.69) is 0 Å². The van der Waals surface area contributed by atoms with Gasteiger partial charge in [-0.15, -0.1) is 0 Å². The van der Waals surface area contributed by atoms with Crippen LogP contribution in [0.3, 0.4) is 0 Å². The molecule has 0 radical (unpaired) electrons. The predicted molar refractivity (Wildman–Crippen MR) is 110 cm³/mol. The van der Waals surface area contributed by atoms with Gasteiger partial charge >= 0.3 is 0 Å². The molecule has 1 spiro atoms. The van der Waals surface area contributed by atoms with Crippen molar-refractivity contribution in [2.75, 3.05) is 13.1 Å². The first-order valence-corrected chi connectivity index (χ1v) is 10.2. The molecule has 0 aromatic heterocycles. The second-order valence-electron chi connectivity index (χ2n) is 7.07. The number of Topliss-reactive ketones (excluding diaryl/α,β-unsaturated/α-hetero) is 1. The summed E-state index contributed by atoms with van der Waals surface area (Å²) in [5.74, 6) is 0.165. The van der Waals surface area contributed by atoms with Crippen LogP contribution in [0.2, 0.25) is 20.1 Å². The monoisotopic (exact) mass is 457 g/mol. The van der Waals surface area contributed by atoms with Crippen LogP contribution >= 0.6 is 46.4 Å². The van der Waals surface area contributed by atoms with Crippen molar-refractivity contribution in [1.29, 1.82) is 0 Å². The molecule has 4 rings (SSSR count). The van der Waals surface area contributed by atoms with E-state index < -0.39 is 5.60 Å². The number of carbonyl (C=O) groups excluding carboxylic acids is 2. The number of carbonyl (C=O) groups is 2. The molecule has 0 N–H and O–H groups in total. The number of likely N-dealkylation sites (tertiary alicyclic amines) is 1. The molecular weight excluding hydrogens is 444 g/mol. The number of fused-ring (bicyclic) bond motifs is 1. The highest BCUT2D eigenvalue weighted by Gasteiger charge is 2.44. The van der Waals surface area contributed by atoms with Crippen LogP contribution in [0.4, 0.5) is 0 Å². The molecular formula is C20H15Cl4NO3. The molecule has 0 atom stereocenters. The third kappa shape index (κ3) is 3.59. The van der Waals surface area contributed by atoms with Crippen LogP contribution < -0.4 is 4.74 Å². The molecule has 1 amide bonds. The molecule has 0 unspecified atom stereocenters. The lowest BCUT2D eigenvalue weighted by molar-refractivity contribution is -0.00564. The van der Waals surface area contributed by atoms with Gasteiger partial charge < -0.3 is 9.64 Å². The first-order chi connectivity index (χ1) is 13.3. The fourth-order valence-corrected chi connectivity index (χ4v) is 4.76. The second kappa shape index (κ2) is 7.42. The van der Waals surface area contributed by atoms with E-state index in [1.807, 2.05) is 0 Å². The number of amides is 1. The maximum absolute atomic E-state index is 12.8. The van der Waals surface area contributed by atoms with Gasteiger partial charge in [-0.25, -0.2) is 0 Å². The lowest BCUT2D eigenvalue weighted by atomic mass is 9.82. The van der Waals surface area contributed by atoms with Gasteiger partial charge in [0.05, 0.1) is 27.6 Å². The quantitative estimate of drug-likeness (QED) is 0.531. The number of rotatable bonds is 1. The summed E-state index contributed by atoms with van der Waals surface area (Å²) in [6.07, 6.45) is 1.28. The van der Waals surface area contributed by atoms with Crippen LogP contribution in [0.1, 0.15) is 40.0 Å². The van der Waals surface area contributed by atoms with E-state index in [1.54, 1.807) is 35.2 Å². The molecule has 1 saturated heterocycles. The molecule has 0 saturated carbocycles. The lowest BCUT2D eigenvalue weighted by Crippen LogP contribution is -2.52. The van der Waals surface area contributed by atoms with Crippen LogP contribution in [0.5, 0.6) is 5.75 Å². The van der Waals surface area contributed by atoms with Gasteiger partial charge in [0.1, 0.15) is 11.4 Å². The van der Waals surface area contributed by atoms with E-state index in [4.69, 9.17) is 51.1 Å². The molecule has 146 valence electrons. The SMILES string of the molecule is O=C1CC2(CCN(C(=O)c3ccc(Cl)cc3Cl)CC2)Oc2c(Cl)cc(Cl)cc21. The van der Waals surface area contributed by atoms with Gasteiger partial charge in [-0.2, -0.15) is 0 Å². The first kappa shape index (κ1) is 19.8. The van der Waals surface area contributed by atoms with E-state index in [0.29, 0.717) is 62.9 Å². The van der Waals surface area contributed by atoms with Gasteiger partial charge in [-0.1, -0.05) is 46.4 Å². The Balaban J connectivity index is 1.52. The lowest BCUT2D eigenvalue weighted by Gasteiger charge is -2.44. The molecule has 2 aromatic carbocycles. The topological polar surface area (TPSA) is 46.6 Å². The highest BCUT2D eigenvalue weighted by atomic mass is 35.5. The average Bonchev–Trinajstić information content (AvgIpc) is 2.63. The molecule has 28 heavy (non-hydrogen) atoms. The molecule has 8 heteroatoms. The zero-order valence-corrected chi connectivity index (χ0v) is 17.6. The van der Waals surface area contributed by atoms with Crippen molar-refractivity contribution in [2.45, 2.75) is 24.9 Å². The van der Waals surface area contributed by atoms with Gasteiger partial charge in [-0.05, 0) is 30.3 Å². The molecule has 0 bridgehead atoms. The van der Waals surface area contributed by atoms with Crippen molar-refractivity contribution >= 4 is 58.1 Å². The normalized spacial score (nSPS) is 18.0. The van der Waals surface area contributed by atoms with Gasteiger partial charge in [0.2, 0.25) is 0 Å². The molecule has 2 heterocycles. The standard InChI is InChI=1S/C20H15Cl4NO3/c21-11-1-2-13(15(23)8-11)19(27)25-5-3-20(4-6-25)10-17(26)14-7-12(22)9-16(24)18(14)28-20/h1-2,7-9H,3-6,10H2. The Morgan fingerprint density at radius 1 is 0.964 bits per heavy atom. The first-order valence-electron chi connectivity index (χ1n) is 8.74. The van der Waals surface area contributed by atoms with Crippen molar-refractivity contribution in [3.8, 4) is 5.75 Å². The highest BCUT2D eigenvalue weighted by molar-refractivity contribution is 6.37. The number of nitrogens with zero attached hydrogens (tertiary/aromatic N) is 1. The minimum absolute atomic E-state index is 0.0498. The summed E-state index contributed by atoms with van der Waals surface area (Å²) in [6.45, 7) is 0.900. The predicted octanol–water partition coefficient (Wildman–Crippen LogP) is 5.94. The van der Waals surface area contributed by atoms with Crippen molar-refractivity contribution in [3.05, 3.63) is 61.5 Å². The van der Waals surface area contributed by atoms with Crippen LogP contribution in [-0.4, -0.2) is 35.3 Å². The summed E-state index contributed by atoms with van der Waals surface area (Å²) in [6, 6.07) is 7.96. The summed E-state index contributed by atoms with van der Waals surface area (Å²) in [7, 11) is 0. The van der Waals surface area contributed by atoms with Gasteiger partial charge in [0.25, 0.3) is 5.91 Å². The fraction of sp³-hybridized carbons (Fsp3) is 0.300. The smallest absolute Gasteiger partial charge is 0.255 e. The minimum atomic E-state index is -0.665. The van der Waals surface area contributed by atoms with Crippen LogP contribution in [0.15, 0.2) is 30.3 Å². The average molecular weight is 459 g/mol. The Labute approximate surface area is 182 Å². The van der Waals surface area contributed by atoms with Gasteiger partial charge in [0.15, 0.2) is 5.78 Å². The van der Waals surface area contributed by atoms with Gasteiger partial charge in [0, 0.05) is 36.0 Å². The minimum Gasteiger partial charge on any atom is -0.484 e. The summed E-state index contributed by atoms with van der Waals surface area (Å²) < 4.78 is 6.20. The third-order valence-electron chi connectivity index (χ3n) is 5.23. The molecule has 1 fully saturated rings. The fourth-order valence-electron chi connectivity index (χ4n) is 3.74. The number of hydrogen-bond donors (Lipinski definition) is 0. The second-order valence-corrected chi connectivity index (χ2v) is 8.75. The summed E-state index contributed by atoms with van der Waals surface area (Å²) in [5, 5.41) is 1.52. The van der Waals surface area contributed by atoms with Crippen molar-refractivity contribution in [1.82, 2.24) is 4.90 Å². The van der Waals surface area contributed by atoms with E-state index >= 15 is 0 Å². The number of ketones is 1. The van der Waals surface area contributed by atoms with E-state index in [0.717, 1.165) is 0 Å². The Morgan fingerprint density at radius 2 is 1.64 bits per heavy atom. The number of ether oxygens (including phenoxy) is 1. The van der Waals surface area contributed by atoms with Crippen LogP contribution in [-0.2, 0) is 0 Å². The number of benzene rings is 2. The summed E-state index contributed by atoms with van der Waals surface area (Å²) in [5.41, 5.74) is 0.155. The molecule has 2 aromatic rings. The van der Waals surface area contributed by atoms with Crippen molar-refractivity contribution in [2.24, 2.45) is 0 Å². The van der Waals surface area contributed by atoms with E-state index in [1.165, 1.54) is 0 Å². The Bertz CT molecular complexity index is 984. The van der Waals surface area contributed by atoms with Crippen LogP contribution in [0.25, 0.3) is 0 Å². The van der Waals surface area contributed by atoms with Crippen molar-refractivity contribution < 1.29 is 14.3 Å². The van der Waals surface area contributed by atoms with Crippen LogP contribution in [0, 0.1) is 0 Å². The number of halogens is 4. The maximum Gasteiger partial charge on any atom is 0.255 e. The molecule has 2 aliphatic rings. The Kier molecular flexibility index (Phi) is 5.25. The molecule has 0 aliphatic carbocycles. The highest BCUT2D eigenvalue weighted by Crippen LogP contribution is 2.44. The third-order valence-corrected chi connectivity index (χ3v) is 6.28. The number of piperidine rings is 1.